The number of aromatic nitrogens is 6. The minimum atomic E-state index is -4.17. The lowest BCUT2D eigenvalue weighted by Gasteiger charge is -2.70. The van der Waals surface area contributed by atoms with Gasteiger partial charge in [0.2, 0.25) is 5.95 Å². The first-order valence-electron chi connectivity index (χ1n) is 12.7. The third-order valence-electron chi connectivity index (χ3n) is 8.81. The normalized spacial score (nSPS) is 31.8. The molecule has 3 aromatic heterocycles. The molecule has 0 amide bonds. The zero-order valence-electron chi connectivity index (χ0n) is 20.7. The Hall–Kier alpha value is -2.69. The fourth-order valence-corrected chi connectivity index (χ4v) is 6.68. The number of nitrogens with zero attached hydrogens (tertiary/aromatic N) is 7. The minimum Gasteiger partial charge on any atom is -0.373 e. The van der Waals surface area contributed by atoms with Crippen molar-refractivity contribution in [1.29, 1.82) is 0 Å². The smallest absolute Gasteiger partial charge is 0.373 e. The van der Waals surface area contributed by atoms with Crippen LogP contribution in [0.2, 0.25) is 0 Å². The molecule has 5 fully saturated rings. The summed E-state index contributed by atoms with van der Waals surface area (Å²) in [4.78, 5) is 16.6. The van der Waals surface area contributed by atoms with Crippen molar-refractivity contribution in [2.45, 2.75) is 74.6 Å². The summed E-state index contributed by atoms with van der Waals surface area (Å²) in [7, 11) is 5.71. The van der Waals surface area contributed by atoms with Gasteiger partial charge >= 0.3 is 6.18 Å². The summed E-state index contributed by atoms with van der Waals surface area (Å²) < 4.78 is 51.0. The lowest BCUT2D eigenvalue weighted by Crippen LogP contribution is -2.70. The van der Waals surface area contributed by atoms with Crippen LogP contribution in [0, 0.1) is 5.41 Å². The van der Waals surface area contributed by atoms with Crippen LogP contribution in [0.1, 0.15) is 80.1 Å². The summed E-state index contributed by atoms with van der Waals surface area (Å²) in [5.74, 6) is 1.46. The molecule has 192 valence electrons. The molecule has 3 aromatic rings. The van der Waals surface area contributed by atoms with Crippen molar-refractivity contribution in [3.05, 3.63) is 29.5 Å². The standard InChI is InChI=1S/C25H30F3N7O/c1-33(2)22-30-18-19(23-11-24(12-23,13-23)25(26,27)28)31-20(32-21(18)34(22)3)14-6-7-36-17(8-14)15-9-29-35(10-15)16-4-5-16/h9-10,14,16-17H,4-8,11-13H2,1-3H3/t14-,17+,23?,24?/m0/s1. The van der Waals surface area contributed by atoms with Crippen LogP contribution < -0.4 is 4.90 Å². The summed E-state index contributed by atoms with van der Waals surface area (Å²) in [6, 6.07) is 0.509. The van der Waals surface area contributed by atoms with Gasteiger partial charge in [0.15, 0.2) is 5.65 Å². The van der Waals surface area contributed by atoms with Gasteiger partial charge in [0.1, 0.15) is 11.3 Å². The predicted octanol–water partition coefficient (Wildman–Crippen LogP) is 4.58. The Balaban J connectivity index is 1.25. The maximum Gasteiger partial charge on any atom is 0.394 e. The molecule has 8 nitrogen and oxygen atoms in total. The van der Waals surface area contributed by atoms with Gasteiger partial charge in [0, 0.05) is 50.8 Å². The molecule has 8 rings (SSSR count). The molecule has 0 N–H and O–H groups in total. The van der Waals surface area contributed by atoms with Gasteiger partial charge < -0.3 is 9.64 Å². The van der Waals surface area contributed by atoms with Crippen LogP contribution in [0.3, 0.4) is 0 Å². The molecular formula is C25H30F3N7O. The Morgan fingerprint density at radius 1 is 1.08 bits per heavy atom. The van der Waals surface area contributed by atoms with Gasteiger partial charge in [-0.25, -0.2) is 15.0 Å². The van der Waals surface area contributed by atoms with Gasteiger partial charge in [-0.05, 0) is 44.9 Å². The van der Waals surface area contributed by atoms with E-state index in [1.165, 1.54) is 12.8 Å². The highest BCUT2D eigenvalue weighted by molar-refractivity contribution is 5.79. The number of anilines is 1. The lowest BCUT2D eigenvalue weighted by atomic mass is 9.34. The van der Waals surface area contributed by atoms with Crippen molar-refractivity contribution in [3.8, 4) is 0 Å². The van der Waals surface area contributed by atoms with Gasteiger partial charge in [-0.2, -0.15) is 18.3 Å². The number of ether oxygens (including phenoxy) is 1. The number of rotatable bonds is 5. The number of imidazole rings is 1. The first-order chi connectivity index (χ1) is 17.1. The molecule has 11 heteroatoms. The third kappa shape index (κ3) is 3.10. The van der Waals surface area contributed by atoms with E-state index >= 15 is 0 Å². The molecule has 4 saturated carbocycles. The van der Waals surface area contributed by atoms with Crippen LogP contribution in [0.15, 0.2) is 12.4 Å². The van der Waals surface area contributed by atoms with Crippen LogP contribution in [-0.2, 0) is 17.2 Å². The second-order valence-corrected chi connectivity index (χ2v) is 11.6. The van der Waals surface area contributed by atoms with Gasteiger partial charge in [-0.1, -0.05) is 0 Å². The van der Waals surface area contributed by atoms with E-state index in [9.17, 15) is 13.2 Å². The van der Waals surface area contributed by atoms with E-state index in [0.717, 1.165) is 18.4 Å². The maximum absolute atomic E-state index is 13.6. The number of aryl methyl sites for hydroxylation is 1. The Morgan fingerprint density at radius 2 is 1.83 bits per heavy atom. The van der Waals surface area contributed by atoms with Gasteiger partial charge in [0.05, 0.1) is 29.5 Å². The van der Waals surface area contributed by atoms with Crippen molar-refractivity contribution in [1.82, 2.24) is 29.3 Å². The molecule has 1 saturated heterocycles. The number of alkyl halides is 3. The second-order valence-electron chi connectivity index (χ2n) is 11.6. The molecule has 5 aliphatic rings. The zero-order chi connectivity index (χ0) is 25.0. The van der Waals surface area contributed by atoms with Crippen LogP contribution in [0.25, 0.3) is 11.2 Å². The first-order valence-corrected chi connectivity index (χ1v) is 12.7. The molecule has 2 bridgehead atoms. The quantitative estimate of drug-likeness (QED) is 0.510. The molecule has 0 unspecified atom stereocenters. The fourth-order valence-electron chi connectivity index (χ4n) is 6.68. The minimum absolute atomic E-state index is 0.0535. The van der Waals surface area contributed by atoms with Crippen molar-refractivity contribution in [3.63, 3.8) is 0 Å². The van der Waals surface area contributed by atoms with E-state index in [1.807, 2.05) is 41.5 Å². The molecule has 1 aliphatic heterocycles. The fraction of sp³-hybridized carbons (Fsp3) is 0.680. The van der Waals surface area contributed by atoms with Gasteiger partial charge in [-0.15, -0.1) is 0 Å². The van der Waals surface area contributed by atoms with E-state index in [1.54, 1.807) is 0 Å². The van der Waals surface area contributed by atoms with Crippen molar-refractivity contribution in [2.24, 2.45) is 12.5 Å². The molecular weight excluding hydrogens is 471 g/mol. The van der Waals surface area contributed by atoms with E-state index in [4.69, 9.17) is 19.7 Å². The number of hydrogen-bond donors (Lipinski definition) is 0. The summed E-state index contributed by atoms with van der Waals surface area (Å²) in [6.45, 7) is 0.581. The van der Waals surface area contributed by atoms with Crippen LogP contribution in [0.5, 0.6) is 0 Å². The second kappa shape index (κ2) is 7.20. The summed E-state index contributed by atoms with van der Waals surface area (Å²) in [5, 5.41) is 4.52. The Kier molecular flexibility index (Phi) is 4.50. The highest BCUT2D eigenvalue weighted by atomic mass is 19.4. The first kappa shape index (κ1) is 22.5. The van der Waals surface area contributed by atoms with Gasteiger partial charge in [-0.3, -0.25) is 9.25 Å². The molecule has 0 aromatic carbocycles. The van der Waals surface area contributed by atoms with Gasteiger partial charge in [0.25, 0.3) is 0 Å². The maximum atomic E-state index is 13.6. The number of halogens is 3. The largest absolute Gasteiger partial charge is 0.394 e. The molecule has 36 heavy (non-hydrogen) atoms. The Labute approximate surface area is 206 Å². The van der Waals surface area contributed by atoms with Crippen molar-refractivity contribution < 1.29 is 17.9 Å². The SMILES string of the molecule is CN(C)c1nc2c(C34CC(C(F)(F)F)(C3)C4)nc([C@H]3CCO[C@@H](c4cnn(C5CC5)c4)C3)nc2n1C. The van der Waals surface area contributed by atoms with E-state index in [0.29, 0.717) is 41.3 Å². The number of fused-ring (bicyclic) bond motifs is 1. The van der Waals surface area contributed by atoms with Crippen LogP contribution in [0.4, 0.5) is 19.1 Å². The summed E-state index contributed by atoms with van der Waals surface area (Å²) in [6.07, 6.45) is 3.85. The Bertz CT molecular complexity index is 1340. The summed E-state index contributed by atoms with van der Waals surface area (Å²) in [5.41, 5.74) is 0.981. The van der Waals surface area contributed by atoms with Crippen molar-refractivity contribution >= 4 is 17.1 Å². The van der Waals surface area contributed by atoms with E-state index in [-0.39, 0.29) is 31.3 Å². The molecule has 2 atom stereocenters. The van der Waals surface area contributed by atoms with E-state index in [2.05, 4.69) is 11.3 Å². The third-order valence-corrected chi connectivity index (χ3v) is 8.81. The number of hydrogen-bond acceptors (Lipinski definition) is 6. The molecule has 0 radical (unpaired) electrons. The summed E-state index contributed by atoms with van der Waals surface area (Å²) >= 11 is 0. The molecule has 0 spiro atoms. The molecule has 4 aliphatic carbocycles. The monoisotopic (exact) mass is 501 g/mol. The van der Waals surface area contributed by atoms with Crippen LogP contribution >= 0.6 is 0 Å². The van der Waals surface area contributed by atoms with E-state index < -0.39 is 17.0 Å². The highest BCUT2D eigenvalue weighted by Crippen LogP contribution is 2.78. The Morgan fingerprint density at radius 3 is 2.50 bits per heavy atom. The predicted molar refractivity (Wildman–Crippen MR) is 126 cm³/mol. The average Bonchev–Trinajstić information content (AvgIpc) is 3.40. The zero-order valence-corrected chi connectivity index (χ0v) is 20.7. The lowest BCUT2D eigenvalue weighted by molar-refractivity contribution is -0.337. The highest BCUT2D eigenvalue weighted by Gasteiger charge is 2.79. The van der Waals surface area contributed by atoms with Crippen molar-refractivity contribution in [2.75, 3.05) is 25.6 Å². The topological polar surface area (TPSA) is 73.9 Å². The average molecular weight is 502 g/mol. The molecule has 4 heterocycles. The van der Waals surface area contributed by atoms with Crippen LogP contribution in [-0.4, -0.2) is 56.2 Å².